The molecule has 1 amide bonds. The van der Waals surface area contributed by atoms with Gasteiger partial charge in [-0.3, -0.25) is 14.9 Å². The number of benzene rings is 3. The van der Waals surface area contributed by atoms with Crippen LogP contribution in [0, 0.1) is 10.1 Å². The molecule has 1 atom stereocenters. The Bertz CT molecular complexity index is 1100. The van der Waals surface area contributed by atoms with E-state index in [4.69, 9.17) is 4.74 Å². The zero-order valence-corrected chi connectivity index (χ0v) is 17.1. The fourth-order valence-electron chi connectivity index (χ4n) is 3.15. The van der Waals surface area contributed by atoms with Crippen molar-refractivity contribution in [3.8, 4) is 5.75 Å². The molecule has 0 bridgehead atoms. The summed E-state index contributed by atoms with van der Waals surface area (Å²) >= 11 is 0. The van der Waals surface area contributed by atoms with E-state index in [0.717, 1.165) is 5.56 Å². The number of nitro benzene ring substituents is 1. The molecule has 8 nitrogen and oxygen atoms in total. The zero-order valence-electron chi connectivity index (χ0n) is 17.1. The van der Waals surface area contributed by atoms with Gasteiger partial charge >= 0.3 is 5.97 Å². The van der Waals surface area contributed by atoms with Gasteiger partial charge < -0.3 is 15.2 Å². The Hall–Kier alpha value is -4.20. The molecule has 3 aromatic carbocycles. The lowest BCUT2D eigenvalue weighted by Gasteiger charge is -2.15. The number of hydrogen-bond acceptors (Lipinski definition) is 5. The van der Waals surface area contributed by atoms with Crippen LogP contribution in [0.2, 0.25) is 0 Å². The van der Waals surface area contributed by atoms with Gasteiger partial charge in [0.15, 0.2) is 0 Å². The first-order valence-electron chi connectivity index (χ1n) is 9.92. The van der Waals surface area contributed by atoms with Crippen molar-refractivity contribution in [3.05, 3.63) is 106 Å². The van der Waals surface area contributed by atoms with Crippen LogP contribution in [-0.4, -0.2) is 27.9 Å². The second kappa shape index (κ2) is 10.7. The highest BCUT2D eigenvalue weighted by atomic mass is 16.6. The Balaban J connectivity index is 1.61. The first kappa shape index (κ1) is 22.5. The lowest BCUT2D eigenvalue weighted by molar-refractivity contribution is -0.384. The predicted molar refractivity (Wildman–Crippen MR) is 117 cm³/mol. The van der Waals surface area contributed by atoms with Crippen LogP contribution in [0.4, 0.5) is 5.69 Å². The maximum atomic E-state index is 12.4. The van der Waals surface area contributed by atoms with Crippen molar-refractivity contribution < 1.29 is 24.4 Å². The largest absolute Gasteiger partial charge is 0.489 e. The van der Waals surface area contributed by atoms with E-state index >= 15 is 0 Å². The number of hydrogen-bond donors (Lipinski definition) is 2. The van der Waals surface area contributed by atoms with E-state index in [1.165, 1.54) is 18.2 Å². The first-order valence-corrected chi connectivity index (χ1v) is 9.92. The average molecular weight is 434 g/mol. The summed E-state index contributed by atoms with van der Waals surface area (Å²) in [4.78, 5) is 34.4. The van der Waals surface area contributed by atoms with Gasteiger partial charge in [0, 0.05) is 18.6 Å². The normalized spacial score (nSPS) is 11.4. The molecular weight excluding hydrogens is 412 g/mol. The average Bonchev–Trinajstić information content (AvgIpc) is 2.78. The van der Waals surface area contributed by atoms with Crippen LogP contribution in [0.1, 0.15) is 16.7 Å². The molecule has 0 unspecified atom stereocenters. The van der Waals surface area contributed by atoms with Crippen molar-refractivity contribution in [1.82, 2.24) is 5.32 Å². The fourth-order valence-corrected chi connectivity index (χ4v) is 3.15. The lowest BCUT2D eigenvalue weighted by atomic mass is 10.0. The van der Waals surface area contributed by atoms with Crippen molar-refractivity contribution in [1.29, 1.82) is 0 Å². The highest BCUT2D eigenvalue weighted by Gasteiger charge is 2.21. The van der Waals surface area contributed by atoms with Crippen LogP contribution in [-0.2, 0) is 29.0 Å². The molecule has 8 heteroatoms. The Morgan fingerprint density at radius 2 is 1.62 bits per heavy atom. The van der Waals surface area contributed by atoms with Crippen LogP contribution in [0.15, 0.2) is 78.9 Å². The maximum absolute atomic E-state index is 12.4. The Kier molecular flexibility index (Phi) is 7.53. The number of amides is 1. The number of carbonyl (C=O) groups excluding carboxylic acids is 1. The number of ether oxygens (including phenoxy) is 1. The molecule has 0 aromatic heterocycles. The van der Waals surface area contributed by atoms with E-state index in [1.54, 1.807) is 30.3 Å². The SMILES string of the molecule is O=C(Cc1cccc([N+](=O)[O-])c1)N[C@@H](Cc1cccc(OCc2ccccc2)c1)C(=O)O. The van der Waals surface area contributed by atoms with Crippen molar-refractivity contribution in [2.75, 3.05) is 0 Å². The van der Waals surface area contributed by atoms with Crippen LogP contribution in [0.5, 0.6) is 5.75 Å². The van der Waals surface area contributed by atoms with E-state index in [1.807, 2.05) is 30.3 Å². The Morgan fingerprint density at radius 1 is 0.938 bits per heavy atom. The van der Waals surface area contributed by atoms with E-state index < -0.39 is 22.8 Å². The van der Waals surface area contributed by atoms with Gasteiger partial charge in [-0.25, -0.2) is 4.79 Å². The number of rotatable bonds is 10. The molecule has 0 aliphatic heterocycles. The lowest BCUT2D eigenvalue weighted by Crippen LogP contribution is -2.43. The minimum absolute atomic E-state index is 0.0680. The molecule has 0 aliphatic rings. The summed E-state index contributed by atoms with van der Waals surface area (Å²) in [5.41, 5.74) is 2.00. The van der Waals surface area contributed by atoms with Gasteiger partial charge in [-0.2, -0.15) is 0 Å². The summed E-state index contributed by atoms with van der Waals surface area (Å²) in [5.74, 6) is -1.11. The summed E-state index contributed by atoms with van der Waals surface area (Å²) in [6.45, 7) is 0.382. The van der Waals surface area contributed by atoms with Gasteiger partial charge in [0.1, 0.15) is 18.4 Å². The maximum Gasteiger partial charge on any atom is 0.326 e. The van der Waals surface area contributed by atoms with Crippen molar-refractivity contribution in [2.24, 2.45) is 0 Å². The van der Waals surface area contributed by atoms with Crippen molar-refractivity contribution in [2.45, 2.75) is 25.5 Å². The van der Waals surface area contributed by atoms with Crippen molar-refractivity contribution >= 4 is 17.6 Å². The van der Waals surface area contributed by atoms with E-state index in [2.05, 4.69) is 5.32 Å². The van der Waals surface area contributed by atoms with Gasteiger partial charge in [0.2, 0.25) is 5.91 Å². The van der Waals surface area contributed by atoms with Crippen LogP contribution in [0.25, 0.3) is 0 Å². The number of nitro groups is 1. The van der Waals surface area contributed by atoms with E-state index in [-0.39, 0.29) is 18.5 Å². The predicted octanol–water partition coefficient (Wildman–Crippen LogP) is 3.53. The third-order valence-corrected chi connectivity index (χ3v) is 4.71. The van der Waals surface area contributed by atoms with Crippen LogP contribution in [0.3, 0.4) is 0 Å². The Labute approximate surface area is 184 Å². The van der Waals surface area contributed by atoms with Gasteiger partial charge in [0.25, 0.3) is 5.69 Å². The molecule has 0 radical (unpaired) electrons. The van der Waals surface area contributed by atoms with Gasteiger partial charge in [0.05, 0.1) is 11.3 Å². The highest BCUT2D eigenvalue weighted by molar-refractivity contribution is 5.85. The number of carboxylic acids is 1. The van der Waals surface area contributed by atoms with Gasteiger partial charge in [-0.1, -0.05) is 54.6 Å². The quantitative estimate of drug-likeness (QED) is 0.372. The fraction of sp³-hybridized carbons (Fsp3) is 0.167. The van der Waals surface area contributed by atoms with Crippen molar-refractivity contribution in [3.63, 3.8) is 0 Å². The standard InChI is InChI=1S/C24H22N2O6/c27-23(15-18-8-4-10-20(12-18)26(30)31)25-22(24(28)29)14-19-9-5-11-21(13-19)32-16-17-6-2-1-3-7-17/h1-13,22H,14-16H2,(H,25,27)(H,28,29)/t22-/m0/s1. The molecule has 0 saturated carbocycles. The summed E-state index contributed by atoms with van der Waals surface area (Å²) in [5, 5.41) is 22.9. The summed E-state index contributed by atoms with van der Waals surface area (Å²) in [6, 6.07) is 21.2. The molecular formula is C24H22N2O6. The minimum Gasteiger partial charge on any atom is -0.489 e. The van der Waals surface area contributed by atoms with E-state index in [9.17, 15) is 24.8 Å². The molecule has 0 aliphatic carbocycles. The molecule has 2 N–H and O–H groups in total. The second-order valence-corrected chi connectivity index (χ2v) is 7.19. The number of nitrogens with one attached hydrogen (secondary N) is 1. The number of nitrogens with zero attached hydrogens (tertiary/aromatic N) is 1. The van der Waals surface area contributed by atoms with Crippen LogP contribution >= 0.6 is 0 Å². The second-order valence-electron chi connectivity index (χ2n) is 7.19. The molecule has 164 valence electrons. The summed E-state index contributed by atoms with van der Waals surface area (Å²) < 4.78 is 5.78. The number of aliphatic carboxylic acids is 1. The number of carboxylic acid groups (broad SMARTS) is 1. The summed E-state index contributed by atoms with van der Waals surface area (Å²) in [6.07, 6.45) is -0.0930. The highest BCUT2D eigenvalue weighted by Crippen LogP contribution is 2.17. The first-order chi connectivity index (χ1) is 15.4. The smallest absolute Gasteiger partial charge is 0.326 e. The van der Waals surface area contributed by atoms with Gasteiger partial charge in [-0.15, -0.1) is 0 Å². The summed E-state index contributed by atoms with van der Waals surface area (Å²) in [7, 11) is 0. The minimum atomic E-state index is -1.17. The topological polar surface area (TPSA) is 119 Å². The molecule has 32 heavy (non-hydrogen) atoms. The molecule has 3 rings (SSSR count). The number of carbonyl (C=O) groups is 2. The molecule has 0 spiro atoms. The Morgan fingerprint density at radius 3 is 2.34 bits per heavy atom. The molecule has 0 heterocycles. The molecule has 3 aromatic rings. The third-order valence-electron chi connectivity index (χ3n) is 4.71. The molecule has 0 fully saturated rings. The number of non-ortho nitro benzene ring substituents is 1. The molecule has 0 saturated heterocycles. The van der Waals surface area contributed by atoms with E-state index in [0.29, 0.717) is 23.5 Å². The van der Waals surface area contributed by atoms with Gasteiger partial charge in [-0.05, 0) is 28.8 Å². The monoisotopic (exact) mass is 434 g/mol. The zero-order chi connectivity index (χ0) is 22.9. The third kappa shape index (κ3) is 6.66. The van der Waals surface area contributed by atoms with Crippen LogP contribution < -0.4 is 10.1 Å².